The van der Waals surface area contributed by atoms with Crippen LogP contribution in [-0.4, -0.2) is 17.1 Å². The Kier molecular flexibility index (Phi) is 4.13. The summed E-state index contributed by atoms with van der Waals surface area (Å²) in [5.41, 5.74) is 9.08. The molecular formula is C18H18N2O2S. The molecule has 1 fully saturated rings. The summed E-state index contributed by atoms with van der Waals surface area (Å²) in [6, 6.07) is 13.0. The molecule has 1 heterocycles. The monoisotopic (exact) mass is 326 g/mol. The third-order valence-corrected chi connectivity index (χ3v) is 5.28. The van der Waals surface area contributed by atoms with E-state index in [2.05, 4.69) is 0 Å². The van der Waals surface area contributed by atoms with Gasteiger partial charge < -0.3 is 5.73 Å². The fourth-order valence-electron chi connectivity index (χ4n) is 2.64. The molecule has 118 valence electrons. The Morgan fingerprint density at radius 3 is 2.48 bits per heavy atom. The molecule has 1 atom stereocenters. The van der Waals surface area contributed by atoms with Crippen molar-refractivity contribution in [3.05, 3.63) is 53.6 Å². The summed E-state index contributed by atoms with van der Waals surface area (Å²) in [6.07, 6.45) is 0.223. The van der Waals surface area contributed by atoms with Crippen LogP contribution in [0, 0.1) is 13.8 Å². The molecule has 0 aromatic heterocycles. The predicted octanol–water partition coefficient (Wildman–Crippen LogP) is 3.31. The first kappa shape index (κ1) is 15.6. The average molecular weight is 326 g/mol. The smallest absolute Gasteiger partial charge is 0.247 e. The fraction of sp³-hybridized carbons (Fsp3) is 0.222. The van der Waals surface area contributed by atoms with Crippen LogP contribution < -0.4 is 10.6 Å². The molecule has 3 rings (SSSR count). The highest BCUT2D eigenvalue weighted by Gasteiger charge is 2.40. The van der Waals surface area contributed by atoms with Crippen molar-refractivity contribution in [2.45, 2.75) is 30.4 Å². The number of nitrogens with two attached hydrogens (primary N) is 1. The molecule has 2 aromatic rings. The Balaban J connectivity index is 1.85. The molecule has 5 heteroatoms. The van der Waals surface area contributed by atoms with Gasteiger partial charge in [0.2, 0.25) is 11.8 Å². The zero-order chi connectivity index (χ0) is 16.6. The Morgan fingerprint density at radius 2 is 1.78 bits per heavy atom. The maximum absolute atomic E-state index is 12.7. The van der Waals surface area contributed by atoms with Crippen LogP contribution in [0.3, 0.4) is 0 Å². The van der Waals surface area contributed by atoms with Crippen molar-refractivity contribution < 1.29 is 9.59 Å². The predicted molar refractivity (Wildman–Crippen MR) is 93.5 cm³/mol. The first-order valence-electron chi connectivity index (χ1n) is 7.42. The highest BCUT2D eigenvalue weighted by atomic mass is 32.2. The maximum Gasteiger partial charge on any atom is 0.247 e. The lowest BCUT2D eigenvalue weighted by molar-refractivity contribution is -0.121. The van der Waals surface area contributed by atoms with Crippen molar-refractivity contribution in [1.29, 1.82) is 0 Å². The van der Waals surface area contributed by atoms with E-state index in [4.69, 9.17) is 5.73 Å². The summed E-state index contributed by atoms with van der Waals surface area (Å²) in [4.78, 5) is 27.4. The summed E-state index contributed by atoms with van der Waals surface area (Å²) in [6.45, 7) is 3.91. The molecule has 0 saturated carbocycles. The lowest BCUT2D eigenvalue weighted by Gasteiger charge is -2.18. The summed E-state index contributed by atoms with van der Waals surface area (Å²) in [5.74, 6) is -0.290. The highest BCUT2D eigenvalue weighted by molar-refractivity contribution is 8.00. The van der Waals surface area contributed by atoms with Gasteiger partial charge in [-0.1, -0.05) is 12.1 Å². The van der Waals surface area contributed by atoms with E-state index in [1.807, 2.05) is 44.2 Å². The lowest BCUT2D eigenvalue weighted by atomic mass is 10.1. The molecule has 0 spiro atoms. The van der Waals surface area contributed by atoms with E-state index >= 15 is 0 Å². The van der Waals surface area contributed by atoms with Gasteiger partial charge in [-0.05, 0) is 55.3 Å². The fourth-order valence-corrected chi connectivity index (χ4v) is 3.69. The number of carbonyl (C=O) groups excluding carboxylic acids is 2. The van der Waals surface area contributed by atoms with Crippen LogP contribution in [0.5, 0.6) is 0 Å². The van der Waals surface area contributed by atoms with Gasteiger partial charge in [-0.25, -0.2) is 4.90 Å². The minimum absolute atomic E-state index is 0.142. The van der Waals surface area contributed by atoms with Gasteiger partial charge in [0, 0.05) is 17.0 Å². The number of nitrogens with zero attached hydrogens (tertiary/aromatic N) is 1. The van der Waals surface area contributed by atoms with E-state index in [9.17, 15) is 9.59 Å². The third-order valence-electron chi connectivity index (χ3n) is 4.08. The lowest BCUT2D eigenvalue weighted by Crippen LogP contribution is -2.31. The number of hydrogen-bond donors (Lipinski definition) is 1. The topological polar surface area (TPSA) is 63.4 Å². The van der Waals surface area contributed by atoms with Gasteiger partial charge >= 0.3 is 0 Å². The van der Waals surface area contributed by atoms with Crippen molar-refractivity contribution in [1.82, 2.24) is 0 Å². The van der Waals surface area contributed by atoms with Crippen LogP contribution in [0.15, 0.2) is 47.4 Å². The number of rotatable bonds is 3. The molecule has 2 N–H and O–H groups in total. The zero-order valence-corrected chi connectivity index (χ0v) is 13.9. The van der Waals surface area contributed by atoms with Gasteiger partial charge in [0.15, 0.2) is 0 Å². The Hall–Kier alpha value is -2.27. The average Bonchev–Trinajstić information content (AvgIpc) is 2.79. The van der Waals surface area contributed by atoms with Crippen molar-refractivity contribution in [3.63, 3.8) is 0 Å². The van der Waals surface area contributed by atoms with Gasteiger partial charge in [0.05, 0.1) is 10.9 Å². The molecule has 1 aliphatic rings. The Labute approximate surface area is 139 Å². The number of aryl methyl sites for hydroxylation is 1. The minimum Gasteiger partial charge on any atom is -0.399 e. The molecule has 2 amide bonds. The van der Waals surface area contributed by atoms with E-state index in [-0.39, 0.29) is 23.5 Å². The zero-order valence-electron chi connectivity index (χ0n) is 13.1. The molecule has 0 bridgehead atoms. The summed E-state index contributed by atoms with van der Waals surface area (Å²) >= 11 is 1.41. The van der Waals surface area contributed by atoms with Gasteiger partial charge in [0.25, 0.3) is 0 Å². The standard InChI is InChI=1S/C18H18N2O2S/c1-11-4-3-5-15(12(11)2)20-17(21)10-16(18(20)22)23-14-8-6-13(19)7-9-14/h3-9,16H,10,19H2,1-2H3. The molecule has 0 radical (unpaired) electrons. The Morgan fingerprint density at radius 1 is 1.09 bits per heavy atom. The van der Waals surface area contributed by atoms with E-state index in [1.54, 1.807) is 12.1 Å². The second-order valence-electron chi connectivity index (χ2n) is 5.67. The van der Waals surface area contributed by atoms with E-state index < -0.39 is 0 Å². The molecule has 4 nitrogen and oxygen atoms in total. The first-order chi connectivity index (χ1) is 11.0. The number of amides is 2. The van der Waals surface area contributed by atoms with E-state index in [1.165, 1.54) is 16.7 Å². The SMILES string of the molecule is Cc1cccc(N2C(=O)CC(Sc3ccc(N)cc3)C2=O)c1C. The van der Waals surface area contributed by atoms with Crippen molar-refractivity contribution in [2.75, 3.05) is 10.6 Å². The van der Waals surface area contributed by atoms with Crippen LogP contribution in [0.4, 0.5) is 11.4 Å². The number of carbonyl (C=O) groups is 2. The van der Waals surface area contributed by atoms with Gasteiger partial charge in [0.1, 0.15) is 0 Å². The largest absolute Gasteiger partial charge is 0.399 e. The molecular weight excluding hydrogens is 308 g/mol. The number of hydrogen-bond acceptors (Lipinski definition) is 4. The quantitative estimate of drug-likeness (QED) is 0.694. The third kappa shape index (κ3) is 2.97. The number of nitrogen functional groups attached to an aromatic ring is 1. The minimum atomic E-state index is -0.383. The van der Waals surface area contributed by atoms with Gasteiger partial charge in [-0.2, -0.15) is 0 Å². The van der Waals surface area contributed by atoms with Gasteiger partial charge in [-0.3, -0.25) is 9.59 Å². The van der Waals surface area contributed by atoms with Gasteiger partial charge in [-0.15, -0.1) is 11.8 Å². The van der Waals surface area contributed by atoms with Crippen LogP contribution >= 0.6 is 11.8 Å². The van der Waals surface area contributed by atoms with Crippen molar-refractivity contribution in [2.24, 2.45) is 0 Å². The highest BCUT2D eigenvalue weighted by Crippen LogP contribution is 2.35. The second kappa shape index (κ2) is 6.08. The number of anilines is 2. The van der Waals surface area contributed by atoms with E-state index in [0.717, 1.165) is 16.0 Å². The molecule has 1 saturated heterocycles. The molecule has 1 aliphatic heterocycles. The van der Waals surface area contributed by atoms with Crippen molar-refractivity contribution in [3.8, 4) is 0 Å². The summed E-state index contributed by atoms with van der Waals surface area (Å²) < 4.78 is 0. The summed E-state index contributed by atoms with van der Waals surface area (Å²) in [5, 5.41) is -0.383. The van der Waals surface area contributed by atoms with E-state index in [0.29, 0.717) is 11.4 Å². The van der Waals surface area contributed by atoms with Crippen molar-refractivity contribution >= 4 is 35.0 Å². The summed E-state index contributed by atoms with van der Waals surface area (Å²) in [7, 11) is 0. The van der Waals surface area contributed by atoms with Crippen LogP contribution in [0.25, 0.3) is 0 Å². The Bertz CT molecular complexity index is 771. The number of imide groups is 1. The van der Waals surface area contributed by atoms with Crippen LogP contribution in [0.2, 0.25) is 0 Å². The maximum atomic E-state index is 12.7. The first-order valence-corrected chi connectivity index (χ1v) is 8.30. The normalized spacial score (nSPS) is 17.8. The van der Waals surface area contributed by atoms with Crippen LogP contribution in [0.1, 0.15) is 17.5 Å². The molecule has 1 unspecified atom stereocenters. The molecule has 2 aromatic carbocycles. The second-order valence-corrected chi connectivity index (χ2v) is 6.94. The number of benzene rings is 2. The molecule has 0 aliphatic carbocycles. The van der Waals surface area contributed by atoms with Crippen LogP contribution in [-0.2, 0) is 9.59 Å². The molecule has 23 heavy (non-hydrogen) atoms. The number of thioether (sulfide) groups is 1.